The number of carbonyl (C=O) groups is 2. The fourth-order valence-corrected chi connectivity index (χ4v) is 2.52. The monoisotopic (exact) mass is 369 g/mol. The van der Waals surface area contributed by atoms with Gasteiger partial charge in [-0.3, -0.25) is 9.59 Å². The zero-order chi connectivity index (χ0) is 19.5. The van der Waals surface area contributed by atoms with Gasteiger partial charge in [0.25, 0.3) is 5.91 Å². The van der Waals surface area contributed by atoms with Gasteiger partial charge in [-0.1, -0.05) is 30.3 Å². The van der Waals surface area contributed by atoms with Gasteiger partial charge in [-0.05, 0) is 36.2 Å². The molecule has 0 atom stereocenters. The second-order valence-electron chi connectivity index (χ2n) is 6.27. The van der Waals surface area contributed by atoms with Crippen molar-refractivity contribution in [3.63, 3.8) is 0 Å². The second kappa shape index (κ2) is 11.0. The highest BCUT2D eigenvalue weighted by Crippen LogP contribution is 2.10. The SMILES string of the molecule is COCCCNC(=O)c1ccc(NCC(=O)N(C)Cc2ccccc2)cc1. The lowest BCUT2D eigenvalue weighted by Gasteiger charge is -2.18. The number of methoxy groups -OCH3 is 1. The van der Waals surface area contributed by atoms with E-state index in [9.17, 15) is 9.59 Å². The molecule has 0 unspecified atom stereocenters. The summed E-state index contributed by atoms with van der Waals surface area (Å²) in [5.41, 5.74) is 2.48. The lowest BCUT2D eigenvalue weighted by molar-refractivity contribution is -0.128. The quantitative estimate of drug-likeness (QED) is 0.632. The molecule has 27 heavy (non-hydrogen) atoms. The summed E-state index contributed by atoms with van der Waals surface area (Å²) < 4.78 is 4.95. The fourth-order valence-electron chi connectivity index (χ4n) is 2.52. The van der Waals surface area contributed by atoms with Gasteiger partial charge in [0.05, 0.1) is 6.54 Å². The standard InChI is InChI=1S/C21H27N3O3/c1-24(16-17-7-4-3-5-8-17)20(25)15-23-19-11-9-18(10-12-19)21(26)22-13-6-14-27-2/h3-5,7-12,23H,6,13-16H2,1-2H3,(H,22,26). The van der Waals surface area contributed by atoms with Crippen LogP contribution in [0.2, 0.25) is 0 Å². The molecule has 0 aromatic heterocycles. The Bertz CT molecular complexity index is 717. The Balaban J connectivity index is 1.77. The second-order valence-corrected chi connectivity index (χ2v) is 6.27. The molecule has 2 rings (SSSR count). The van der Waals surface area contributed by atoms with Gasteiger partial charge in [-0.2, -0.15) is 0 Å². The first-order valence-electron chi connectivity index (χ1n) is 8.99. The van der Waals surface area contributed by atoms with Crippen LogP contribution in [-0.4, -0.2) is 50.6 Å². The van der Waals surface area contributed by atoms with E-state index in [1.165, 1.54) is 0 Å². The first-order chi connectivity index (χ1) is 13.1. The van der Waals surface area contributed by atoms with Crippen LogP contribution in [0.25, 0.3) is 0 Å². The molecule has 0 saturated heterocycles. The van der Waals surface area contributed by atoms with Crippen molar-refractivity contribution in [3.05, 3.63) is 65.7 Å². The summed E-state index contributed by atoms with van der Waals surface area (Å²) in [5, 5.41) is 5.94. The number of ether oxygens (including phenoxy) is 1. The highest BCUT2D eigenvalue weighted by atomic mass is 16.5. The van der Waals surface area contributed by atoms with E-state index in [1.54, 1.807) is 43.3 Å². The van der Waals surface area contributed by atoms with Crippen LogP contribution in [0.15, 0.2) is 54.6 Å². The number of nitrogens with one attached hydrogen (secondary N) is 2. The van der Waals surface area contributed by atoms with Crippen molar-refractivity contribution in [3.8, 4) is 0 Å². The minimum atomic E-state index is -0.115. The van der Waals surface area contributed by atoms with Gasteiger partial charge in [0.15, 0.2) is 0 Å². The Kier molecular flexibility index (Phi) is 8.32. The van der Waals surface area contributed by atoms with Crippen molar-refractivity contribution >= 4 is 17.5 Å². The first kappa shape index (κ1) is 20.5. The van der Waals surface area contributed by atoms with Crippen molar-refractivity contribution in [2.45, 2.75) is 13.0 Å². The molecule has 0 saturated carbocycles. The number of benzene rings is 2. The first-order valence-corrected chi connectivity index (χ1v) is 8.99. The number of hydrogen-bond donors (Lipinski definition) is 2. The minimum Gasteiger partial charge on any atom is -0.385 e. The van der Waals surface area contributed by atoms with E-state index < -0.39 is 0 Å². The molecular weight excluding hydrogens is 342 g/mol. The van der Waals surface area contributed by atoms with Crippen LogP contribution in [0.1, 0.15) is 22.3 Å². The van der Waals surface area contributed by atoms with Crippen molar-refractivity contribution < 1.29 is 14.3 Å². The summed E-state index contributed by atoms with van der Waals surface area (Å²) in [6.07, 6.45) is 0.778. The highest BCUT2D eigenvalue weighted by Gasteiger charge is 2.09. The van der Waals surface area contributed by atoms with E-state index in [0.29, 0.717) is 25.3 Å². The number of likely N-dealkylation sites (N-methyl/N-ethyl adjacent to an activating group) is 1. The predicted octanol–water partition coefficient (Wildman–Crippen LogP) is 2.52. The Morgan fingerprint density at radius 1 is 1.04 bits per heavy atom. The molecule has 0 bridgehead atoms. The lowest BCUT2D eigenvalue weighted by atomic mass is 10.2. The van der Waals surface area contributed by atoms with Crippen LogP contribution in [0, 0.1) is 0 Å². The Morgan fingerprint density at radius 2 is 1.74 bits per heavy atom. The molecule has 0 radical (unpaired) electrons. The average molecular weight is 369 g/mol. The summed E-state index contributed by atoms with van der Waals surface area (Å²) in [4.78, 5) is 26.0. The topological polar surface area (TPSA) is 70.7 Å². The van der Waals surface area contributed by atoms with Crippen LogP contribution in [0.3, 0.4) is 0 Å². The van der Waals surface area contributed by atoms with Crippen molar-refractivity contribution in [2.75, 3.05) is 39.2 Å². The van der Waals surface area contributed by atoms with E-state index in [2.05, 4.69) is 10.6 Å². The molecule has 0 fully saturated rings. The Morgan fingerprint density at radius 3 is 2.41 bits per heavy atom. The number of rotatable bonds is 10. The third kappa shape index (κ3) is 7.11. The summed E-state index contributed by atoms with van der Waals surface area (Å²) in [6, 6.07) is 17.0. The Hall–Kier alpha value is -2.86. The van der Waals surface area contributed by atoms with E-state index >= 15 is 0 Å². The van der Waals surface area contributed by atoms with Gasteiger partial charge < -0.3 is 20.3 Å². The molecule has 6 nitrogen and oxygen atoms in total. The van der Waals surface area contributed by atoms with Crippen LogP contribution in [0.4, 0.5) is 5.69 Å². The van der Waals surface area contributed by atoms with E-state index in [1.807, 2.05) is 30.3 Å². The highest BCUT2D eigenvalue weighted by molar-refractivity contribution is 5.94. The van der Waals surface area contributed by atoms with Crippen molar-refractivity contribution in [2.24, 2.45) is 0 Å². The molecular formula is C21H27N3O3. The van der Waals surface area contributed by atoms with Crippen molar-refractivity contribution in [1.82, 2.24) is 10.2 Å². The maximum Gasteiger partial charge on any atom is 0.251 e. The fraction of sp³-hybridized carbons (Fsp3) is 0.333. The van der Waals surface area contributed by atoms with Crippen LogP contribution in [0.5, 0.6) is 0 Å². The Labute approximate surface area is 160 Å². The minimum absolute atomic E-state index is 0.00110. The van der Waals surface area contributed by atoms with Gasteiger partial charge >= 0.3 is 0 Å². The van der Waals surface area contributed by atoms with E-state index in [4.69, 9.17) is 4.74 Å². The molecule has 2 amide bonds. The molecule has 6 heteroatoms. The zero-order valence-corrected chi connectivity index (χ0v) is 15.9. The smallest absolute Gasteiger partial charge is 0.251 e. The molecule has 0 heterocycles. The van der Waals surface area contributed by atoms with Crippen LogP contribution in [-0.2, 0) is 16.1 Å². The van der Waals surface area contributed by atoms with Gasteiger partial charge in [-0.15, -0.1) is 0 Å². The average Bonchev–Trinajstić information content (AvgIpc) is 2.70. The largest absolute Gasteiger partial charge is 0.385 e. The van der Waals surface area contributed by atoms with Crippen LogP contribution < -0.4 is 10.6 Å². The van der Waals surface area contributed by atoms with Gasteiger partial charge in [0, 0.05) is 45.1 Å². The number of amides is 2. The molecule has 0 aliphatic heterocycles. The van der Waals surface area contributed by atoms with Gasteiger partial charge in [-0.25, -0.2) is 0 Å². The van der Waals surface area contributed by atoms with Crippen LogP contribution >= 0.6 is 0 Å². The van der Waals surface area contributed by atoms with Crippen molar-refractivity contribution in [1.29, 1.82) is 0 Å². The lowest BCUT2D eigenvalue weighted by Crippen LogP contribution is -2.31. The number of hydrogen-bond acceptors (Lipinski definition) is 4. The number of carbonyl (C=O) groups excluding carboxylic acids is 2. The van der Waals surface area contributed by atoms with E-state index in [-0.39, 0.29) is 18.4 Å². The predicted molar refractivity (Wildman–Crippen MR) is 107 cm³/mol. The zero-order valence-electron chi connectivity index (χ0n) is 15.9. The normalized spacial score (nSPS) is 10.3. The molecule has 2 N–H and O–H groups in total. The molecule has 0 aliphatic rings. The summed E-state index contributed by atoms with van der Waals surface area (Å²) in [6.45, 7) is 1.97. The summed E-state index contributed by atoms with van der Waals surface area (Å²) in [5.74, 6) is -0.116. The number of anilines is 1. The molecule has 2 aromatic carbocycles. The summed E-state index contributed by atoms with van der Waals surface area (Å²) >= 11 is 0. The maximum absolute atomic E-state index is 12.3. The molecule has 2 aromatic rings. The van der Waals surface area contributed by atoms with Gasteiger partial charge in [0.1, 0.15) is 0 Å². The number of nitrogens with zero attached hydrogens (tertiary/aromatic N) is 1. The van der Waals surface area contributed by atoms with E-state index in [0.717, 1.165) is 17.7 Å². The third-order valence-electron chi connectivity index (χ3n) is 4.09. The maximum atomic E-state index is 12.3. The van der Waals surface area contributed by atoms with Gasteiger partial charge in [0.2, 0.25) is 5.91 Å². The molecule has 0 spiro atoms. The summed E-state index contributed by atoms with van der Waals surface area (Å²) in [7, 11) is 3.42. The molecule has 144 valence electrons. The third-order valence-corrected chi connectivity index (χ3v) is 4.09. The molecule has 0 aliphatic carbocycles.